The lowest BCUT2D eigenvalue weighted by atomic mass is 10.0. The molecule has 1 fully saturated rings. The van der Waals surface area contributed by atoms with Crippen LogP contribution >= 0.6 is 0 Å². The number of nitrogens with zero attached hydrogens (tertiary/aromatic N) is 1. The van der Waals surface area contributed by atoms with E-state index in [1.54, 1.807) is 29.2 Å². The quantitative estimate of drug-likeness (QED) is 0.785. The van der Waals surface area contributed by atoms with Gasteiger partial charge in [-0.1, -0.05) is 13.8 Å². The molecule has 0 spiro atoms. The van der Waals surface area contributed by atoms with Crippen LogP contribution in [0.15, 0.2) is 48.5 Å². The summed E-state index contributed by atoms with van der Waals surface area (Å²) in [5.41, 5.74) is 1.66. The molecule has 3 amide bonds. The summed E-state index contributed by atoms with van der Waals surface area (Å²) in [5.74, 6) is -1.27. The van der Waals surface area contributed by atoms with E-state index in [1.165, 1.54) is 24.3 Å². The van der Waals surface area contributed by atoms with E-state index in [1.807, 2.05) is 13.8 Å². The van der Waals surface area contributed by atoms with Crippen molar-refractivity contribution < 1.29 is 18.8 Å². The first-order chi connectivity index (χ1) is 13.8. The van der Waals surface area contributed by atoms with Gasteiger partial charge in [0.15, 0.2) is 0 Å². The van der Waals surface area contributed by atoms with Gasteiger partial charge in [0.1, 0.15) is 11.9 Å². The maximum atomic E-state index is 13.0. The highest BCUT2D eigenvalue weighted by Gasteiger charge is 2.25. The number of anilines is 2. The molecule has 1 unspecified atom stereocenters. The molecule has 2 aromatic carbocycles. The molecule has 152 valence electrons. The number of hydrogen-bond donors (Lipinski definition) is 2. The second-order valence-electron chi connectivity index (χ2n) is 7.39. The lowest BCUT2D eigenvalue weighted by molar-refractivity contribution is -0.119. The molecule has 0 bridgehead atoms. The summed E-state index contributed by atoms with van der Waals surface area (Å²) in [6.45, 7) is 4.37. The van der Waals surface area contributed by atoms with Crippen molar-refractivity contribution in [1.29, 1.82) is 0 Å². The average molecular weight is 397 g/mol. The minimum Gasteiger partial charge on any atom is -0.340 e. The highest BCUT2D eigenvalue weighted by atomic mass is 19.1. The minimum atomic E-state index is -0.757. The Morgan fingerprint density at radius 1 is 1.03 bits per heavy atom. The van der Waals surface area contributed by atoms with E-state index in [0.29, 0.717) is 18.7 Å². The van der Waals surface area contributed by atoms with Crippen molar-refractivity contribution in [2.24, 2.45) is 5.92 Å². The number of halogens is 1. The lowest BCUT2D eigenvalue weighted by Gasteiger charge is -2.22. The first kappa shape index (κ1) is 20.5. The Morgan fingerprint density at radius 2 is 1.69 bits per heavy atom. The lowest BCUT2D eigenvalue weighted by Crippen LogP contribution is -2.47. The van der Waals surface area contributed by atoms with E-state index in [0.717, 1.165) is 12.1 Å². The normalized spacial score (nSPS) is 14.8. The molecule has 1 atom stereocenters. The van der Waals surface area contributed by atoms with E-state index >= 15 is 0 Å². The molecule has 0 radical (unpaired) electrons. The van der Waals surface area contributed by atoms with Crippen LogP contribution in [0, 0.1) is 11.7 Å². The fourth-order valence-electron chi connectivity index (χ4n) is 3.23. The third-order valence-corrected chi connectivity index (χ3v) is 4.86. The SMILES string of the molecule is CC(C)C(NC(=O)c1ccc(F)cc1)C(=O)Nc1ccc(N2CCCC2=O)cc1. The van der Waals surface area contributed by atoms with Gasteiger partial charge in [-0.25, -0.2) is 4.39 Å². The molecular weight excluding hydrogens is 373 g/mol. The Morgan fingerprint density at radius 3 is 2.24 bits per heavy atom. The van der Waals surface area contributed by atoms with Gasteiger partial charge in [0, 0.05) is 29.9 Å². The van der Waals surface area contributed by atoms with Gasteiger partial charge >= 0.3 is 0 Å². The zero-order valence-corrected chi connectivity index (χ0v) is 16.4. The van der Waals surface area contributed by atoms with Gasteiger partial charge in [0.2, 0.25) is 11.8 Å². The molecule has 3 rings (SSSR count). The predicted octanol–water partition coefficient (Wildman–Crippen LogP) is 3.35. The third kappa shape index (κ3) is 4.99. The molecule has 0 saturated carbocycles. The molecule has 1 saturated heterocycles. The van der Waals surface area contributed by atoms with Crippen LogP contribution < -0.4 is 15.5 Å². The molecule has 0 aliphatic carbocycles. The van der Waals surface area contributed by atoms with Gasteiger partial charge in [0.25, 0.3) is 5.91 Å². The van der Waals surface area contributed by atoms with Gasteiger partial charge in [-0.2, -0.15) is 0 Å². The monoisotopic (exact) mass is 397 g/mol. The van der Waals surface area contributed by atoms with Crippen LogP contribution in [-0.2, 0) is 9.59 Å². The third-order valence-electron chi connectivity index (χ3n) is 4.86. The molecule has 1 aliphatic heterocycles. The highest BCUT2D eigenvalue weighted by Crippen LogP contribution is 2.23. The standard InChI is InChI=1S/C22H24FN3O3/c1-14(2)20(25-21(28)15-5-7-16(23)8-6-15)22(29)24-17-9-11-18(12-10-17)26-13-3-4-19(26)27/h5-12,14,20H,3-4,13H2,1-2H3,(H,24,29)(H,25,28). The number of hydrogen-bond acceptors (Lipinski definition) is 3. The maximum absolute atomic E-state index is 13.0. The Hall–Kier alpha value is -3.22. The van der Waals surface area contributed by atoms with E-state index in [2.05, 4.69) is 10.6 Å². The number of carbonyl (C=O) groups is 3. The van der Waals surface area contributed by atoms with E-state index in [9.17, 15) is 18.8 Å². The van der Waals surface area contributed by atoms with Gasteiger partial charge in [-0.3, -0.25) is 14.4 Å². The van der Waals surface area contributed by atoms with Gasteiger partial charge in [-0.05, 0) is 60.9 Å². The summed E-state index contributed by atoms with van der Waals surface area (Å²) >= 11 is 0. The molecule has 1 heterocycles. The first-order valence-electron chi connectivity index (χ1n) is 9.63. The summed E-state index contributed by atoms with van der Waals surface area (Å²) in [7, 11) is 0. The number of carbonyl (C=O) groups excluding carboxylic acids is 3. The smallest absolute Gasteiger partial charge is 0.251 e. The zero-order chi connectivity index (χ0) is 21.0. The van der Waals surface area contributed by atoms with Crippen LogP contribution in [0.2, 0.25) is 0 Å². The molecule has 6 nitrogen and oxygen atoms in total. The maximum Gasteiger partial charge on any atom is 0.251 e. The van der Waals surface area contributed by atoms with Gasteiger partial charge < -0.3 is 15.5 Å². The van der Waals surface area contributed by atoms with Crippen molar-refractivity contribution in [3.8, 4) is 0 Å². The van der Waals surface area contributed by atoms with Crippen LogP contribution in [0.5, 0.6) is 0 Å². The summed E-state index contributed by atoms with van der Waals surface area (Å²) in [6.07, 6.45) is 1.41. The number of amides is 3. The first-order valence-corrected chi connectivity index (χ1v) is 9.63. The van der Waals surface area contributed by atoms with E-state index in [4.69, 9.17) is 0 Å². The van der Waals surface area contributed by atoms with E-state index in [-0.39, 0.29) is 23.3 Å². The number of benzene rings is 2. The van der Waals surface area contributed by atoms with E-state index < -0.39 is 17.8 Å². The van der Waals surface area contributed by atoms with Crippen LogP contribution in [0.4, 0.5) is 15.8 Å². The molecule has 2 aromatic rings. The fraction of sp³-hybridized carbons (Fsp3) is 0.318. The predicted molar refractivity (Wildman–Crippen MR) is 109 cm³/mol. The fourth-order valence-corrected chi connectivity index (χ4v) is 3.23. The van der Waals surface area contributed by atoms with Crippen molar-refractivity contribution in [3.63, 3.8) is 0 Å². The topological polar surface area (TPSA) is 78.5 Å². The number of rotatable bonds is 6. The van der Waals surface area contributed by atoms with Crippen molar-refractivity contribution in [1.82, 2.24) is 5.32 Å². The van der Waals surface area contributed by atoms with Crippen LogP contribution in [0.3, 0.4) is 0 Å². The Kier molecular flexibility index (Phi) is 6.26. The van der Waals surface area contributed by atoms with Crippen LogP contribution in [0.1, 0.15) is 37.0 Å². The van der Waals surface area contributed by atoms with Gasteiger partial charge in [-0.15, -0.1) is 0 Å². The number of nitrogens with one attached hydrogen (secondary N) is 2. The van der Waals surface area contributed by atoms with Crippen molar-refractivity contribution in [2.75, 3.05) is 16.8 Å². The Bertz CT molecular complexity index is 895. The summed E-state index contributed by atoms with van der Waals surface area (Å²) in [5, 5.41) is 5.51. The molecule has 0 aromatic heterocycles. The highest BCUT2D eigenvalue weighted by molar-refractivity contribution is 6.01. The summed E-state index contributed by atoms with van der Waals surface area (Å²) in [6, 6.07) is 11.4. The Labute approximate surface area is 169 Å². The molecular formula is C22H24FN3O3. The molecule has 7 heteroatoms. The van der Waals surface area contributed by atoms with Gasteiger partial charge in [0.05, 0.1) is 0 Å². The minimum absolute atomic E-state index is 0.102. The van der Waals surface area contributed by atoms with Crippen molar-refractivity contribution in [2.45, 2.75) is 32.7 Å². The second-order valence-corrected chi connectivity index (χ2v) is 7.39. The van der Waals surface area contributed by atoms with Crippen molar-refractivity contribution >= 4 is 29.1 Å². The van der Waals surface area contributed by atoms with Crippen molar-refractivity contribution in [3.05, 3.63) is 59.9 Å². The van der Waals surface area contributed by atoms with Crippen LogP contribution in [-0.4, -0.2) is 30.3 Å². The largest absolute Gasteiger partial charge is 0.340 e. The molecule has 1 aliphatic rings. The molecule has 29 heavy (non-hydrogen) atoms. The Balaban J connectivity index is 1.65. The van der Waals surface area contributed by atoms with Crippen LogP contribution in [0.25, 0.3) is 0 Å². The molecule has 2 N–H and O–H groups in total. The summed E-state index contributed by atoms with van der Waals surface area (Å²) in [4.78, 5) is 38.7. The average Bonchev–Trinajstić information content (AvgIpc) is 3.12. The summed E-state index contributed by atoms with van der Waals surface area (Å²) < 4.78 is 13.0. The second kappa shape index (κ2) is 8.86. The zero-order valence-electron chi connectivity index (χ0n) is 16.4.